The van der Waals surface area contributed by atoms with Gasteiger partial charge in [0.15, 0.2) is 5.03 Å². The molecule has 0 spiro atoms. The molecule has 1 amide bonds. The average Bonchev–Trinajstić information content (AvgIpc) is 3.08. The first-order valence-electron chi connectivity index (χ1n) is 7.24. The Labute approximate surface area is 153 Å². The van der Waals surface area contributed by atoms with Crippen molar-refractivity contribution in [2.75, 3.05) is 10.0 Å². The number of carbonyl (C=O) groups is 1. The van der Waals surface area contributed by atoms with Gasteiger partial charge < -0.3 is 5.32 Å². The minimum absolute atomic E-state index is 0.185. The molecule has 0 bridgehead atoms. The third kappa shape index (κ3) is 4.01. The molecular formula is C16H12ClFN4O3S. The highest BCUT2D eigenvalue weighted by molar-refractivity contribution is 7.92. The molecule has 1 aromatic heterocycles. The van der Waals surface area contributed by atoms with E-state index < -0.39 is 26.8 Å². The summed E-state index contributed by atoms with van der Waals surface area (Å²) in [6.45, 7) is 0. The molecule has 0 fully saturated rings. The monoisotopic (exact) mass is 394 g/mol. The summed E-state index contributed by atoms with van der Waals surface area (Å²) in [5, 5.41) is 8.37. The van der Waals surface area contributed by atoms with E-state index in [0.717, 1.165) is 12.3 Å². The molecule has 0 atom stereocenters. The number of anilines is 2. The van der Waals surface area contributed by atoms with Crippen molar-refractivity contribution in [1.29, 1.82) is 0 Å². The maximum atomic E-state index is 13.2. The Morgan fingerprint density at radius 2 is 1.85 bits per heavy atom. The second-order valence-corrected chi connectivity index (χ2v) is 7.25. The highest BCUT2D eigenvalue weighted by Gasteiger charge is 2.25. The van der Waals surface area contributed by atoms with E-state index in [9.17, 15) is 17.6 Å². The molecule has 10 heteroatoms. The number of aromatic nitrogens is 2. The number of carbonyl (C=O) groups excluding carboxylic acids is 1. The van der Waals surface area contributed by atoms with Crippen molar-refractivity contribution in [1.82, 2.24) is 10.2 Å². The van der Waals surface area contributed by atoms with E-state index in [0.29, 0.717) is 5.02 Å². The number of H-pyrrole nitrogens is 1. The zero-order valence-corrected chi connectivity index (χ0v) is 14.6. The summed E-state index contributed by atoms with van der Waals surface area (Å²) in [5.41, 5.74) is 0.237. The fraction of sp³-hybridized carbons (Fsp3) is 0. The SMILES string of the molecule is O=C(Nc1cccc(F)c1)c1cn[nH]c1S(=O)(=O)Nc1ccc(Cl)cc1. The van der Waals surface area contributed by atoms with Crippen molar-refractivity contribution in [3.8, 4) is 0 Å². The number of halogens is 2. The normalized spacial score (nSPS) is 11.2. The summed E-state index contributed by atoms with van der Waals surface area (Å²) in [6.07, 6.45) is 1.07. The van der Waals surface area contributed by atoms with Gasteiger partial charge in [0.1, 0.15) is 5.82 Å². The van der Waals surface area contributed by atoms with Crippen LogP contribution in [0.3, 0.4) is 0 Å². The Morgan fingerprint density at radius 3 is 2.54 bits per heavy atom. The maximum Gasteiger partial charge on any atom is 0.279 e. The molecule has 0 saturated heterocycles. The van der Waals surface area contributed by atoms with Crippen molar-refractivity contribution in [2.24, 2.45) is 0 Å². The fourth-order valence-electron chi connectivity index (χ4n) is 2.13. The molecule has 0 unspecified atom stereocenters. The van der Waals surface area contributed by atoms with Crippen LogP contribution in [0.25, 0.3) is 0 Å². The third-order valence-electron chi connectivity index (χ3n) is 3.30. The predicted octanol–water partition coefficient (Wildman–Crippen LogP) is 3.26. The molecule has 0 radical (unpaired) electrons. The molecule has 134 valence electrons. The van der Waals surface area contributed by atoms with Gasteiger partial charge >= 0.3 is 0 Å². The van der Waals surface area contributed by atoms with Gasteiger partial charge in [0.2, 0.25) is 0 Å². The standard InChI is InChI=1S/C16H12ClFN4O3S/c17-10-4-6-12(7-5-10)22-26(24,25)16-14(9-19-21-16)15(23)20-13-3-1-2-11(18)8-13/h1-9,22H,(H,19,21)(H,20,23). The van der Waals surface area contributed by atoms with Crippen molar-refractivity contribution in [2.45, 2.75) is 5.03 Å². The summed E-state index contributed by atoms with van der Waals surface area (Å²) < 4.78 is 40.6. The topological polar surface area (TPSA) is 104 Å². The first-order valence-corrected chi connectivity index (χ1v) is 9.10. The second-order valence-electron chi connectivity index (χ2n) is 5.19. The van der Waals surface area contributed by atoms with Gasteiger partial charge in [-0.1, -0.05) is 17.7 Å². The third-order valence-corrected chi connectivity index (χ3v) is 4.90. The van der Waals surface area contributed by atoms with Gasteiger partial charge in [-0.2, -0.15) is 13.5 Å². The molecule has 0 aliphatic rings. The van der Waals surface area contributed by atoms with Crippen LogP contribution < -0.4 is 10.0 Å². The number of amides is 1. The van der Waals surface area contributed by atoms with Crippen LogP contribution in [0.4, 0.5) is 15.8 Å². The first-order chi connectivity index (χ1) is 12.3. The number of nitrogens with one attached hydrogen (secondary N) is 3. The summed E-state index contributed by atoms with van der Waals surface area (Å²) in [4.78, 5) is 12.3. The number of nitrogens with zero attached hydrogens (tertiary/aromatic N) is 1. The van der Waals surface area contributed by atoms with Crippen molar-refractivity contribution < 1.29 is 17.6 Å². The van der Waals surface area contributed by atoms with Crippen molar-refractivity contribution >= 4 is 38.9 Å². The Morgan fingerprint density at radius 1 is 1.12 bits per heavy atom. The number of hydrogen-bond acceptors (Lipinski definition) is 4. The van der Waals surface area contributed by atoms with E-state index in [1.165, 1.54) is 42.5 Å². The molecular weight excluding hydrogens is 383 g/mol. The molecule has 0 saturated carbocycles. The van der Waals surface area contributed by atoms with Crippen LogP contribution in [0.5, 0.6) is 0 Å². The van der Waals surface area contributed by atoms with E-state index in [1.54, 1.807) is 0 Å². The number of hydrogen-bond donors (Lipinski definition) is 3. The van der Waals surface area contributed by atoms with Gasteiger partial charge in [-0.3, -0.25) is 14.6 Å². The van der Waals surface area contributed by atoms with Crippen LogP contribution in [0.2, 0.25) is 5.02 Å². The molecule has 2 aromatic carbocycles. The molecule has 3 rings (SSSR count). The van der Waals surface area contributed by atoms with Gasteiger partial charge in [-0.15, -0.1) is 0 Å². The number of sulfonamides is 1. The smallest absolute Gasteiger partial charge is 0.279 e. The van der Waals surface area contributed by atoms with E-state index in [2.05, 4.69) is 20.2 Å². The lowest BCUT2D eigenvalue weighted by Gasteiger charge is -2.09. The van der Waals surface area contributed by atoms with Crippen LogP contribution in [0.1, 0.15) is 10.4 Å². The second kappa shape index (κ2) is 7.14. The molecule has 0 aliphatic heterocycles. The highest BCUT2D eigenvalue weighted by Crippen LogP contribution is 2.20. The summed E-state index contributed by atoms with van der Waals surface area (Å²) >= 11 is 5.76. The van der Waals surface area contributed by atoms with Gasteiger partial charge in [0.05, 0.1) is 11.8 Å². The number of rotatable bonds is 5. The minimum Gasteiger partial charge on any atom is -0.322 e. The zero-order valence-electron chi connectivity index (χ0n) is 13.0. The number of aromatic amines is 1. The Balaban J connectivity index is 1.84. The van der Waals surface area contributed by atoms with Crippen molar-refractivity contribution in [3.05, 3.63) is 71.1 Å². The van der Waals surface area contributed by atoms with Crippen LogP contribution in [-0.2, 0) is 10.0 Å². The minimum atomic E-state index is -4.11. The van der Waals surface area contributed by atoms with Crippen LogP contribution in [-0.4, -0.2) is 24.5 Å². The lowest BCUT2D eigenvalue weighted by molar-refractivity contribution is 0.102. The average molecular weight is 395 g/mol. The lowest BCUT2D eigenvalue weighted by Crippen LogP contribution is -2.19. The summed E-state index contributed by atoms with van der Waals surface area (Å²) in [6, 6.07) is 11.2. The van der Waals surface area contributed by atoms with E-state index in [-0.39, 0.29) is 16.9 Å². The quantitative estimate of drug-likeness (QED) is 0.617. The van der Waals surface area contributed by atoms with Crippen LogP contribution >= 0.6 is 11.6 Å². The largest absolute Gasteiger partial charge is 0.322 e. The zero-order chi connectivity index (χ0) is 18.7. The Kier molecular flexibility index (Phi) is 4.92. The van der Waals surface area contributed by atoms with E-state index in [4.69, 9.17) is 11.6 Å². The highest BCUT2D eigenvalue weighted by atomic mass is 35.5. The molecule has 26 heavy (non-hydrogen) atoms. The van der Waals surface area contributed by atoms with Gasteiger partial charge in [-0.25, -0.2) is 4.39 Å². The van der Waals surface area contributed by atoms with Crippen LogP contribution in [0, 0.1) is 5.82 Å². The molecule has 3 aromatic rings. The molecule has 0 aliphatic carbocycles. The van der Waals surface area contributed by atoms with Gasteiger partial charge in [-0.05, 0) is 42.5 Å². The number of benzene rings is 2. The van der Waals surface area contributed by atoms with E-state index >= 15 is 0 Å². The Bertz CT molecular complexity index is 1050. The Hall–Kier alpha value is -2.91. The van der Waals surface area contributed by atoms with Crippen molar-refractivity contribution in [3.63, 3.8) is 0 Å². The lowest BCUT2D eigenvalue weighted by atomic mass is 10.3. The van der Waals surface area contributed by atoms with Gasteiger partial charge in [0, 0.05) is 16.4 Å². The van der Waals surface area contributed by atoms with E-state index in [1.807, 2.05) is 0 Å². The summed E-state index contributed by atoms with van der Waals surface area (Å²) in [5.74, 6) is -1.28. The first kappa shape index (κ1) is 17.9. The summed E-state index contributed by atoms with van der Waals surface area (Å²) in [7, 11) is -4.11. The van der Waals surface area contributed by atoms with Gasteiger partial charge in [0.25, 0.3) is 15.9 Å². The predicted molar refractivity (Wildman–Crippen MR) is 95.2 cm³/mol. The molecule has 7 nitrogen and oxygen atoms in total. The fourth-order valence-corrected chi connectivity index (χ4v) is 3.41. The van der Waals surface area contributed by atoms with Crippen LogP contribution in [0.15, 0.2) is 59.8 Å². The molecule has 1 heterocycles. The molecule has 3 N–H and O–H groups in total. The maximum absolute atomic E-state index is 13.2.